The van der Waals surface area contributed by atoms with Gasteiger partial charge in [-0.15, -0.1) is 11.6 Å². The monoisotopic (exact) mass is 240 g/mol. The lowest BCUT2D eigenvalue weighted by Crippen LogP contribution is -2.15. The highest BCUT2D eigenvalue weighted by atomic mass is 35.5. The van der Waals surface area contributed by atoms with Gasteiger partial charge in [-0.2, -0.15) is 0 Å². The maximum absolute atomic E-state index is 6.34. The van der Waals surface area contributed by atoms with Crippen molar-refractivity contribution in [1.82, 2.24) is 0 Å². The Hall–Kier alpha value is -0.690. The van der Waals surface area contributed by atoms with Crippen LogP contribution in [-0.2, 0) is 6.42 Å². The molecule has 1 unspecified atom stereocenters. The fourth-order valence-electron chi connectivity index (χ4n) is 1.75. The Morgan fingerprint density at radius 2 is 1.75 bits per heavy atom. The van der Waals surface area contributed by atoms with E-state index < -0.39 is 0 Å². The highest BCUT2D eigenvalue weighted by Gasteiger charge is 2.16. The smallest absolute Gasteiger partial charge is 0.118 e. The molecule has 0 heterocycles. The van der Waals surface area contributed by atoms with E-state index in [-0.39, 0.29) is 5.38 Å². The fourth-order valence-corrected chi connectivity index (χ4v) is 2.40. The van der Waals surface area contributed by atoms with Gasteiger partial charge in [-0.3, -0.25) is 0 Å². The molecule has 0 aromatic heterocycles. The molecule has 0 fully saturated rings. The molecule has 0 spiro atoms. The Balaban J connectivity index is 2.53. The van der Waals surface area contributed by atoms with Crippen molar-refractivity contribution in [2.75, 3.05) is 7.11 Å². The summed E-state index contributed by atoms with van der Waals surface area (Å²) in [6.07, 6.45) is 1.95. The second kappa shape index (κ2) is 5.58. The molecule has 0 aliphatic rings. The van der Waals surface area contributed by atoms with E-state index in [1.54, 1.807) is 7.11 Å². The zero-order valence-electron chi connectivity index (χ0n) is 10.6. The van der Waals surface area contributed by atoms with Gasteiger partial charge in [0.25, 0.3) is 0 Å². The third kappa shape index (κ3) is 4.89. The van der Waals surface area contributed by atoms with Gasteiger partial charge >= 0.3 is 0 Å². The zero-order chi connectivity index (χ0) is 12.2. The number of ether oxygens (including phenoxy) is 1. The largest absolute Gasteiger partial charge is 0.497 e. The molecule has 0 aliphatic carbocycles. The van der Waals surface area contributed by atoms with Crippen LogP contribution in [0.3, 0.4) is 0 Å². The van der Waals surface area contributed by atoms with Gasteiger partial charge in [0.2, 0.25) is 0 Å². The number of halogens is 1. The van der Waals surface area contributed by atoms with E-state index in [2.05, 4.69) is 32.9 Å². The molecule has 0 N–H and O–H groups in total. The maximum atomic E-state index is 6.34. The molecule has 1 atom stereocenters. The van der Waals surface area contributed by atoms with Crippen molar-refractivity contribution < 1.29 is 4.74 Å². The fraction of sp³-hybridized carbons (Fsp3) is 0.571. The minimum absolute atomic E-state index is 0.202. The SMILES string of the molecule is COc1ccc(CC(Cl)CC(C)(C)C)cc1. The first-order valence-electron chi connectivity index (χ1n) is 5.68. The van der Waals surface area contributed by atoms with Crippen molar-refractivity contribution in [3.05, 3.63) is 29.8 Å². The molecular formula is C14H21ClO. The average Bonchev–Trinajstić information content (AvgIpc) is 2.16. The highest BCUT2D eigenvalue weighted by molar-refractivity contribution is 6.20. The quantitative estimate of drug-likeness (QED) is 0.714. The third-order valence-corrected chi connectivity index (χ3v) is 2.76. The molecule has 1 aromatic rings. The topological polar surface area (TPSA) is 9.23 Å². The van der Waals surface area contributed by atoms with E-state index in [0.29, 0.717) is 5.41 Å². The Kier molecular flexibility index (Phi) is 4.67. The first-order valence-corrected chi connectivity index (χ1v) is 6.11. The van der Waals surface area contributed by atoms with Crippen LogP contribution in [0.5, 0.6) is 5.75 Å². The molecule has 0 saturated carbocycles. The van der Waals surface area contributed by atoms with Crippen LogP contribution >= 0.6 is 11.6 Å². The molecule has 0 amide bonds. The molecule has 0 aliphatic heterocycles. The van der Waals surface area contributed by atoms with Crippen molar-refractivity contribution in [2.45, 2.75) is 39.0 Å². The summed E-state index contributed by atoms with van der Waals surface area (Å²) in [4.78, 5) is 0. The van der Waals surface area contributed by atoms with Crippen molar-refractivity contribution in [3.8, 4) is 5.75 Å². The molecule has 1 nitrogen and oxygen atoms in total. The van der Waals surface area contributed by atoms with E-state index in [4.69, 9.17) is 16.3 Å². The van der Waals surface area contributed by atoms with Gasteiger partial charge < -0.3 is 4.74 Å². The van der Waals surface area contributed by atoms with Crippen molar-refractivity contribution in [2.24, 2.45) is 5.41 Å². The normalized spacial score (nSPS) is 13.6. The zero-order valence-corrected chi connectivity index (χ0v) is 11.3. The molecule has 0 saturated heterocycles. The van der Waals surface area contributed by atoms with Crippen LogP contribution in [0.25, 0.3) is 0 Å². The lowest BCUT2D eigenvalue weighted by atomic mass is 9.88. The Morgan fingerprint density at radius 1 is 1.19 bits per heavy atom. The predicted octanol–water partition coefficient (Wildman–Crippen LogP) is 4.28. The minimum atomic E-state index is 0.202. The van der Waals surface area contributed by atoms with Crippen LogP contribution in [0, 0.1) is 5.41 Å². The van der Waals surface area contributed by atoms with E-state index in [1.807, 2.05) is 12.1 Å². The standard InChI is InChI=1S/C14H21ClO/c1-14(2,3)10-12(15)9-11-5-7-13(16-4)8-6-11/h5-8,12H,9-10H2,1-4H3. The van der Waals surface area contributed by atoms with Crippen LogP contribution in [0.15, 0.2) is 24.3 Å². The first-order chi connectivity index (χ1) is 7.40. The Labute approximate surface area is 104 Å². The molecule has 16 heavy (non-hydrogen) atoms. The summed E-state index contributed by atoms with van der Waals surface area (Å²) >= 11 is 6.34. The molecule has 1 aromatic carbocycles. The summed E-state index contributed by atoms with van der Waals surface area (Å²) in [7, 11) is 1.68. The second-order valence-corrected chi connectivity index (χ2v) is 6.03. The predicted molar refractivity (Wildman–Crippen MR) is 70.4 cm³/mol. The van der Waals surface area contributed by atoms with Crippen LogP contribution in [0.4, 0.5) is 0 Å². The van der Waals surface area contributed by atoms with Crippen LogP contribution in [0.1, 0.15) is 32.8 Å². The van der Waals surface area contributed by atoms with Crippen LogP contribution in [0.2, 0.25) is 0 Å². The van der Waals surface area contributed by atoms with Gasteiger partial charge in [0.1, 0.15) is 5.75 Å². The number of rotatable bonds is 4. The number of benzene rings is 1. The second-order valence-electron chi connectivity index (χ2n) is 5.41. The summed E-state index contributed by atoms with van der Waals surface area (Å²) < 4.78 is 5.12. The van der Waals surface area contributed by atoms with Gasteiger partial charge in [-0.1, -0.05) is 32.9 Å². The van der Waals surface area contributed by atoms with E-state index in [1.165, 1.54) is 5.56 Å². The molecule has 90 valence electrons. The van der Waals surface area contributed by atoms with E-state index in [9.17, 15) is 0 Å². The molecule has 0 radical (unpaired) electrons. The van der Waals surface area contributed by atoms with Crippen molar-refractivity contribution >= 4 is 11.6 Å². The number of alkyl halides is 1. The van der Waals surface area contributed by atoms with E-state index in [0.717, 1.165) is 18.6 Å². The van der Waals surface area contributed by atoms with E-state index >= 15 is 0 Å². The lowest BCUT2D eigenvalue weighted by molar-refractivity contribution is 0.369. The van der Waals surface area contributed by atoms with Crippen LogP contribution < -0.4 is 4.74 Å². The number of methoxy groups -OCH3 is 1. The first kappa shape index (κ1) is 13.4. The highest BCUT2D eigenvalue weighted by Crippen LogP contribution is 2.26. The van der Waals surface area contributed by atoms with Gasteiger partial charge in [0.05, 0.1) is 7.11 Å². The average molecular weight is 241 g/mol. The van der Waals surface area contributed by atoms with Crippen LogP contribution in [-0.4, -0.2) is 12.5 Å². The molecule has 1 rings (SSSR count). The number of hydrogen-bond acceptors (Lipinski definition) is 1. The van der Waals surface area contributed by atoms with Crippen molar-refractivity contribution in [3.63, 3.8) is 0 Å². The molecule has 0 bridgehead atoms. The Bertz CT molecular complexity index is 311. The summed E-state index contributed by atoms with van der Waals surface area (Å²) in [5, 5.41) is 0.202. The van der Waals surface area contributed by atoms with Gasteiger partial charge in [-0.25, -0.2) is 0 Å². The van der Waals surface area contributed by atoms with Gasteiger partial charge in [0, 0.05) is 5.38 Å². The number of hydrogen-bond donors (Lipinski definition) is 0. The maximum Gasteiger partial charge on any atom is 0.118 e. The summed E-state index contributed by atoms with van der Waals surface area (Å²) in [6, 6.07) is 8.12. The van der Waals surface area contributed by atoms with Gasteiger partial charge in [-0.05, 0) is 36.0 Å². The third-order valence-electron chi connectivity index (χ3n) is 2.45. The summed E-state index contributed by atoms with van der Waals surface area (Å²) in [5.41, 5.74) is 1.56. The minimum Gasteiger partial charge on any atom is -0.497 e. The Morgan fingerprint density at radius 3 is 2.19 bits per heavy atom. The van der Waals surface area contributed by atoms with Crippen molar-refractivity contribution in [1.29, 1.82) is 0 Å². The lowest BCUT2D eigenvalue weighted by Gasteiger charge is -2.21. The summed E-state index contributed by atoms with van der Waals surface area (Å²) in [5.74, 6) is 0.894. The summed E-state index contributed by atoms with van der Waals surface area (Å²) in [6.45, 7) is 6.66. The molecule has 2 heteroatoms. The molecular weight excluding hydrogens is 220 g/mol. The van der Waals surface area contributed by atoms with Gasteiger partial charge in [0.15, 0.2) is 0 Å².